The summed E-state index contributed by atoms with van der Waals surface area (Å²) in [5.41, 5.74) is -0.368. The minimum absolute atomic E-state index is 0.0513. The topological polar surface area (TPSA) is 113 Å². The van der Waals surface area contributed by atoms with E-state index in [1.54, 1.807) is 20.8 Å². The first-order valence-corrected chi connectivity index (χ1v) is 8.70. The minimum atomic E-state index is -3.77. The van der Waals surface area contributed by atoms with Crippen molar-refractivity contribution in [3.63, 3.8) is 0 Å². The number of amides is 1. The van der Waals surface area contributed by atoms with E-state index in [4.69, 9.17) is 5.11 Å². The van der Waals surface area contributed by atoms with Gasteiger partial charge in [0.25, 0.3) is 0 Å². The van der Waals surface area contributed by atoms with Crippen molar-refractivity contribution in [2.24, 2.45) is 0 Å². The van der Waals surface area contributed by atoms with Gasteiger partial charge in [0, 0.05) is 24.1 Å². The maximum absolute atomic E-state index is 12.3. The maximum atomic E-state index is 12.3. The smallest absolute Gasteiger partial charge is 0.303 e. The Labute approximate surface area is 136 Å². The van der Waals surface area contributed by atoms with Crippen LogP contribution in [0.3, 0.4) is 0 Å². The Bertz CT molecular complexity index is 666. The number of benzene rings is 1. The van der Waals surface area contributed by atoms with E-state index >= 15 is 0 Å². The van der Waals surface area contributed by atoms with E-state index in [9.17, 15) is 18.0 Å². The Kier molecular flexibility index (Phi) is 6.28. The molecule has 0 heterocycles. The van der Waals surface area contributed by atoms with Gasteiger partial charge < -0.3 is 10.4 Å². The van der Waals surface area contributed by atoms with Crippen LogP contribution in [0.2, 0.25) is 0 Å². The van der Waals surface area contributed by atoms with E-state index in [0.29, 0.717) is 12.1 Å². The van der Waals surface area contributed by atoms with Crippen LogP contribution in [0.5, 0.6) is 0 Å². The van der Waals surface area contributed by atoms with Crippen molar-refractivity contribution in [3.05, 3.63) is 24.3 Å². The van der Waals surface area contributed by atoms with Gasteiger partial charge in [-0.2, -0.15) is 0 Å². The monoisotopic (exact) mass is 342 g/mol. The van der Waals surface area contributed by atoms with Crippen molar-refractivity contribution in [2.45, 2.75) is 50.5 Å². The lowest BCUT2D eigenvalue weighted by Crippen LogP contribution is -2.43. The fraction of sp³-hybridized carbons (Fsp3) is 0.467. The van der Waals surface area contributed by atoms with Gasteiger partial charge in [-0.25, -0.2) is 13.1 Å². The molecule has 0 unspecified atom stereocenters. The maximum Gasteiger partial charge on any atom is 0.303 e. The summed E-state index contributed by atoms with van der Waals surface area (Å²) in [6, 6.07) is 5.79. The Morgan fingerprint density at radius 2 is 1.74 bits per heavy atom. The molecule has 0 radical (unpaired) electrons. The number of sulfonamides is 1. The first kappa shape index (κ1) is 19.1. The molecule has 7 nitrogen and oxygen atoms in total. The molecular weight excluding hydrogens is 320 g/mol. The molecule has 3 N–H and O–H groups in total. The SMILES string of the molecule is CCC(=O)Nc1ccc(S(=O)(=O)NC(C)(C)CCC(=O)O)cc1. The lowest BCUT2D eigenvalue weighted by atomic mass is 10.0. The van der Waals surface area contributed by atoms with Gasteiger partial charge in [0.1, 0.15) is 0 Å². The second kappa shape index (κ2) is 7.56. The van der Waals surface area contributed by atoms with Crippen molar-refractivity contribution in [3.8, 4) is 0 Å². The Balaban J connectivity index is 2.83. The predicted octanol–water partition coefficient (Wildman–Crippen LogP) is 1.96. The van der Waals surface area contributed by atoms with Gasteiger partial charge in [0.2, 0.25) is 15.9 Å². The highest BCUT2D eigenvalue weighted by Crippen LogP contribution is 2.19. The summed E-state index contributed by atoms with van der Waals surface area (Å²) < 4.78 is 27.2. The number of hydrogen-bond acceptors (Lipinski definition) is 4. The molecule has 0 aliphatic carbocycles. The number of rotatable bonds is 8. The highest BCUT2D eigenvalue weighted by molar-refractivity contribution is 7.89. The number of anilines is 1. The average Bonchev–Trinajstić information content (AvgIpc) is 2.44. The van der Waals surface area contributed by atoms with Crippen LogP contribution in [0.4, 0.5) is 5.69 Å². The molecule has 8 heteroatoms. The summed E-state index contributed by atoms with van der Waals surface area (Å²) in [7, 11) is -3.77. The molecule has 0 fully saturated rings. The number of hydrogen-bond donors (Lipinski definition) is 3. The van der Waals surface area contributed by atoms with Gasteiger partial charge in [-0.3, -0.25) is 9.59 Å². The van der Waals surface area contributed by atoms with E-state index in [-0.39, 0.29) is 23.6 Å². The second-order valence-corrected chi connectivity index (χ2v) is 7.49. The average molecular weight is 342 g/mol. The normalized spacial score (nSPS) is 12.0. The summed E-state index contributed by atoms with van der Waals surface area (Å²) >= 11 is 0. The highest BCUT2D eigenvalue weighted by atomic mass is 32.2. The lowest BCUT2D eigenvalue weighted by Gasteiger charge is -2.25. The third-order valence-electron chi connectivity index (χ3n) is 3.14. The van der Waals surface area contributed by atoms with Crippen LogP contribution in [0.25, 0.3) is 0 Å². The van der Waals surface area contributed by atoms with Crippen LogP contribution in [0, 0.1) is 0 Å². The first-order chi connectivity index (χ1) is 10.6. The van der Waals surface area contributed by atoms with E-state index in [2.05, 4.69) is 10.0 Å². The molecule has 1 aromatic rings. The van der Waals surface area contributed by atoms with Crippen molar-refractivity contribution in [2.75, 3.05) is 5.32 Å². The molecule has 23 heavy (non-hydrogen) atoms. The van der Waals surface area contributed by atoms with Crippen LogP contribution >= 0.6 is 0 Å². The molecule has 0 aliphatic rings. The molecule has 1 amide bonds. The quantitative estimate of drug-likeness (QED) is 0.668. The molecular formula is C15H22N2O5S. The number of carboxylic acid groups (broad SMARTS) is 1. The second-order valence-electron chi connectivity index (χ2n) is 5.81. The molecule has 0 saturated heterocycles. The minimum Gasteiger partial charge on any atom is -0.481 e. The molecule has 128 valence electrons. The van der Waals surface area contributed by atoms with Crippen LogP contribution in [-0.2, 0) is 19.6 Å². The zero-order chi connectivity index (χ0) is 17.7. The highest BCUT2D eigenvalue weighted by Gasteiger charge is 2.26. The largest absolute Gasteiger partial charge is 0.481 e. The molecule has 0 saturated carbocycles. The van der Waals surface area contributed by atoms with E-state index < -0.39 is 21.5 Å². The molecule has 0 bridgehead atoms. The predicted molar refractivity (Wildman–Crippen MR) is 86.6 cm³/mol. The Morgan fingerprint density at radius 1 is 1.17 bits per heavy atom. The van der Waals surface area contributed by atoms with Gasteiger partial charge in [-0.1, -0.05) is 6.92 Å². The molecule has 1 aromatic carbocycles. The van der Waals surface area contributed by atoms with E-state index in [1.807, 2.05) is 0 Å². The molecule has 0 aliphatic heterocycles. The van der Waals surface area contributed by atoms with E-state index in [1.165, 1.54) is 24.3 Å². The van der Waals surface area contributed by atoms with Crippen molar-refractivity contribution in [1.29, 1.82) is 0 Å². The van der Waals surface area contributed by atoms with Crippen LogP contribution < -0.4 is 10.0 Å². The van der Waals surface area contributed by atoms with Crippen molar-refractivity contribution < 1.29 is 23.1 Å². The summed E-state index contributed by atoms with van der Waals surface area (Å²) in [6.45, 7) is 4.98. The fourth-order valence-electron chi connectivity index (χ4n) is 1.86. The number of carbonyl (C=O) groups is 2. The van der Waals surface area contributed by atoms with Gasteiger partial charge in [-0.05, 0) is 44.5 Å². The molecule has 0 atom stereocenters. The molecule has 0 spiro atoms. The fourth-order valence-corrected chi connectivity index (χ4v) is 3.30. The summed E-state index contributed by atoms with van der Waals surface area (Å²) in [5, 5.41) is 11.3. The van der Waals surface area contributed by atoms with Gasteiger partial charge in [0.05, 0.1) is 4.90 Å². The molecule has 1 rings (SSSR count). The van der Waals surface area contributed by atoms with Crippen molar-refractivity contribution in [1.82, 2.24) is 4.72 Å². The third-order valence-corrected chi connectivity index (χ3v) is 4.86. The van der Waals surface area contributed by atoms with Gasteiger partial charge >= 0.3 is 5.97 Å². The number of nitrogens with one attached hydrogen (secondary N) is 2. The number of carbonyl (C=O) groups excluding carboxylic acids is 1. The van der Waals surface area contributed by atoms with Crippen LogP contribution in [0.1, 0.15) is 40.0 Å². The Hall–Kier alpha value is -1.93. The summed E-state index contributed by atoms with van der Waals surface area (Å²) in [6.07, 6.45) is 0.378. The lowest BCUT2D eigenvalue weighted by molar-refractivity contribution is -0.137. The first-order valence-electron chi connectivity index (χ1n) is 7.21. The van der Waals surface area contributed by atoms with Gasteiger partial charge in [0.15, 0.2) is 0 Å². The summed E-state index contributed by atoms with van der Waals surface area (Å²) in [4.78, 5) is 22.0. The zero-order valence-electron chi connectivity index (χ0n) is 13.4. The van der Waals surface area contributed by atoms with E-state index in [0.717, 1.165) is 0 Å². The third kappa shape index (κ3) is 6.37. The number of aliphatic carboxylic acids is 1. The number of carboxylic acids is 1. The Morgan fingerprint density at radius 3 is 2.22 bits per heavy atom. The van der Waals surface area contributed by atoms with Crippen LogP contribution in [-0.4, -0.2) is 30.9 Å². The van der Waals surface area contributed by atoms with Crippen molar-refractivity contribution >= 4 is 27.6 Å². The standard InChI is InChI=1S/C15H22N2O5S/c1-4-13(18)16-11-5-7-12(8-6-11)23(21,22)17-15(2,3)10-9-14(19)20/h5-8,17H,4,9-10H2,1-3H3,(H,16,18)(H,19,20). The molecule has 0 aromatic heterocycles. The van der Waals surface area contributed by atoms with Crippen LogP contribution in [0.15, 0.2) is 29.2 Å². The van der Waals surface area contributed by atoms with Gasteiger partial charge in [-0.15, -0.1) is 0 Å². The zero-order valence-corrected chi connectivity index (χ0v) is 14.2. The summed E-state index contributed by atoms with van der Waals surface area (Å²) in [5.74, 6) is -1.14.